The van der Waals surface area contributed by atoms with E-state index in [-0.39, 0.29) is 17.4 Å². The van der Waals surface area contributed by atoms with Crippen LogP contribution in [0.3, 0.4) is 0 Å². The Labute approximate surface area is 194 Å². The molecule has 1 aliphatic carbocycles. The fourth-order valence-corrected chi connectivity index (χ4v) is 4.35. The van der Waals surface area contributed by atoms with Gasteiger partial charge in [0.05, 0.1) is 30.0 Å². The molecule has 0 saturated heterocycles. The molecule has 1 fully saturated rings. The van der Waals surface area contributed by atoms with Crippen LogP contribution in [0.15, 0.2) is 42.5 Å². The number of fused-ring (bicyclic) bond motifs is 2. The molecule has 7 heteroatoms. The van der Waals surface area contributed by atoms with Gasteiger partial charge >= 0.3 is 12.1 Å². The van der Waals surface area contributed by atoms with Crippen molar-refractivity contribution in [1.29, 1.82) is 0 Å². The van der Waals surface area contributed by atoms with E-state index in [0.717, 1.165) is 24.0 Å². The number of methoxy groups -OCH3 is 1. The summed E-state index contributed by atoms with van der Waals surface area (Å²) in [5, 5.41) is 3.03. The highest BCUT2D eigenvalue weighted by Crippen LogP contribution is 2.57. The summed E-state index contributed by atoms with van der Waals surface area (Å²) in [6, 6.07) is 12.3. The summed E-state index contributed by atoms with van der Waals surface area (Å²) in [7, 11) is 1.34. The molecule has 33 heavy (non-hydrogen) atoms. The van der Waals surface area contributed by atoms with Crippen molar-refractivity contribution in [2.45, 2.75) is 57.6 Å². The fourth-order valence-electron chi connectivity index (χ4n) is 4.35. The molecule has 1 atom stereocenters. The van der Waals surface area contributed by atoms with Gasteiger partial charge in [-0.05, 0) is 69.9 Å². The minimum atomic E-state index is -0.626. The van der Waals surface area contributed by atoms with Gasteiger partial charge in [-0.15, -0.1) is 0 Å². The van der Waals surface area contributed by atoms with E-state index in [1.807, 2.05) is 39.8 Å². The van der Waals surface area contributed by atoms with Crippen LogP contribution in [0.25, 0.3) is 0 Å². The standard InChI is InChI=1S/C26H30N2O5/c1-16(17-9-11-18(12-10-17)23(30)32-5)27-22(29)19-7-6-8-20-21(19)28(15-26(20)13-14-26)24(31)33-25(2,3)4/h6-12,16H,13-15H2,1-5H3,(H,27,29)/t16-/m0/s1. The molecule has 0 radical (unpaired) electrons. The van der Waals surface area contributed by atoms with Crippen LogP contribution in [0.4, 0.5) is 10.5 Å². The molecule has 1 heterocycles. The number of amides is 2. The van der Waals surface area contributed by atoms with E-state index in [4.69, 9.17) is 9.47 Å². The minimum absolute atomic E-state index is 0.0716. The van der Waals surface area contributed by atoms with Crippen LogP contribution in [0.2, 0.25) is 0 Å². The summed E-state index contributed by atoms with van der Waals surface area (Å²) in [6.07, 6.45) is 1.56. The van der Waals surface area contributed by atoms with Gasteiger partial charge < -0.3 is 14.8 Å². The average Bonchev–Trinajstić information content (AvgIpc) is 3.47. The molecule has 1 saturated carbocycles. The van der Waals surface area contributed by atoms with Crippen LogP contribution in [0.1, 0.15) is 78.4 Å². The number of anilines is 1. The van der Waals surface area contributed by atoms with Gasteiger partial charge in [0.1, 0.15) is 5.60 Å². The number of hydrogen-bond acceptors (Lipinski definition) is 5. The first-order valence-electron chi connectivity index (χ1n) is 11.2. The quantitative estimate of drug-likeness (QED) is 0.680. The van der Waals surface area contributed by atoms with E-state index in [2.05, 4.69) is 5.32 Å². The van der Waals surface area contributed by atoms with Gasteiger partial charge in [0, 0.05) is 12.0 Å². The third kappa shape index (κ3) is 4.45. The molecular formula is C26H30N2O5. The number of ether oxygens (including phenoxy) is 2. The predicted molar refractivity (Wildman–Crippen MR) is 125 cm³/mol. The molecular weight excluding hydrogens is 420 g/mol. The van der Waals surface area contributed by atoms with E-state index in [1.165, 1.54) is 7.11 Å². The Balaban J connectivity index is 1.59. The van der Waals surface area contributed by atoms with E-state index in [0.29, 0.717) is 23.4 Å². The highest BCUT2D eigenvalue weighted by atomic mass is 16.6. The zero-order valence-electron chi connectivity index (χ0n) is 19.7. The molecule has 174 valence electrons. The Morgan fingerprint density at radius 1 is 1.06 bits per heavy atom. The van der Waals surface area contributed by atoms with Crippen LogP contribution in [-0.2, 0) is 14.9 Å². The molecule has 0 aromatic heterocycles. The minimum Gasteiger partial charge on any atom is -0.465 e. The molecule has 0 unspecified atom stereocenters. The Bertz CT molecular complexity index is 1100. The summed E-state index contributed by atoms with van der Waals surface area (Å²) >= 11 is 0. The van der Waals surface area contributed by atoms with Crippen molar-refractivity contribution >= 4 is 23.7 Å². The van der Waals surface area contributed by atoms with Gasteiger partial charge in [-0.25, -0.2) is 9.59 Å². The van der Waals surface area contributed by atoms with Gasteiger partial charge in [-0.2, -0.15) is 0 Å². The number of nitrogens with one attached hydrogen (secondary N) is 1. The largest absolute Gasteiger partial charge is 0.465 e. The highest BCUT2D eigenvalue weighted by molar-refractivity contribution is 6.06. The normalized spacial score (nSPS) is 16.7. The number of carbonyl (C=O) groups excluding carboxylic acids is 3. The number of nitrogens with zero attached hydrogens (tertiary/aromatic N) is 1. The van der Waals surface area contributed by atoms with Crippen molar-refractivity contribution < 1.29 is 23.9 Å². The van der Waals surface area contributed by atoms with Crippen LogP contribution in [0, 0.1) is 0 Å². The molecule has 1 aliphatic heterocycles. The number of benzene rings is 2. The second kappa shape index (κ2) is 8.21. The summed E-state index contributed by atoms with van der Waals surface area (Å²) in [4.78, 5) is 39.6. The summed E-state index contributed by atoms with van der Waals surface area (Å²) in [5.41, 5.74) is 2.75. The van der Waals surface area contributed by atoms with Crippen LogP contribution in [-0.4, -0.2) is 37.2 Å². The number of carbonyl (C=O) groups is 3. The Morgan fingerprint density at radius 3 is 2.30 bits per heavy atom. The molecule has 2 aliphatic rings. The molecule has 2 aromatic carbocycles. The predicted octanol–water partition coefficient (Wildman–Crippen LogP) is 4.75. The maximum atomic E-state index is 13.3. The molecule has 2 amide bonds. The maximum absolute atomic E-state index is 13.3. The Kier molecular flexibility index (Phi) is 5.68. The lowest BCUT2D eigenvalue weighted by Gasteiger charge is -2.26. The Morgan fingerprint density at radius 2 is 1.73 bits per heavy atom. The van der Waals surface area contributed by atoms with Gasteiger partial charge in [-0.1, -0.05) is 24.3 Å². The third-order valence-electron chi connectivity index (χ3n) is 6.23. The topological polar surface area (TPSA) is 84.9 Å². The van der Waals surface area contributed by atoms with Crippen molar-refractivity contribution in [1.82, 2.24) is 5.32 Å². The molecule has 1 spiro atoms. The molecule has 0 bridgehead atoms. The lowest BCUT2D eigenvalue weighted by atomic mass is 9.96. The zero-order valence-corrected chi connectivity index (χ0v) is 19.7. The lowest BCUT2D eigenvalue weighted by molar-refractivity contribution is 0.0577. The molecule has 4 rings (SSSR count). The first-order valence-corrected chi connectivity index (χ1v) is 11.2. The first-order chi connectivity index (χ1) is 15.5. The summed E-state index contributed by atoms with van der Waals surface area (Å²) in [5.74, 6) is -0.669. The van der Waals surface area contributed by atoms with Crippen molar-refractivity contribution in [3.63, 3.8) is 0 Å². The van der Waals surface area contributed by atoms with Gasteiger partial charge in [0.2, 0.25) is 0 Å². The van der Waals surface area contributed by atoms with E-state index >= 15 is 0 Å². The van der Waals surface area contributed by atoms with E-state index in [1.54, 1.807) is 35.2 Å². The lowest BCUT2D eigenvalue weighted by Crippen LogP contribution is -2.38. The highest BCUT2D eigenvalue weighted by Gasteiger charge is 2.54. The van der Waals surface area contributed by atoms with E-state index in [9.17, 15) is 14.4 Å². The monoisotopic (exact) mass is 450 g/mol. The average molecular weight is 451 g/mol. The van der Waals surface area contributed by atoms with Crippen LogP contribution >= 0.6 is 0 Å². The number of esters is 1. The van der Waals surface area contributed by atoms with Crippen molar-refractivity contribution in [2.24, 2.45) is 0 Å². The van der Waals surface area contributed by atoms with Crippen LogP contribution < -0.4 is 10.2 Å². The van der Waals surface area contributed by atoms with Crippen molar-refractivity contribution in [2.75, 3.05) is 18.6 Å². The van der Waals surface area contributed by atoms with Crippen LogP contribution in [0.5, 0.6) is 0 Å². The van der Waals surface area contributed by atoms with Crippen molar-refractivity contribution in [3.8, 4) is 0 Å². The van der Waals surface area contributed by atoms with Crippen molar-refractivity contribution in [3.05, 3.63) is 64.7 Å². The molecule has 7 nitrogen and oxygen atoms in total. The Hall–Kier alpha value is -3.35. The van der Waals surface area contributed by atoms with Gasteiger partial charge in [-0.3, -0.25) is 9.69 Å². The third-order valence-corrected chi connectivity index (χ3v) is 6.23. The summed E-state index contributed by atoms with van der Waals surface area (Å²) < 4.78 is 10.4. The molecule has 1 N–H and O–H groups in total. The van der Waals surface area contributed by atoms with Gasteiger partial charge in [0.15, 0.2) is 0 Å². The zero-order chi connectivity index (χ0) is 24.0. The second-order valence-electron chi connectivity index (χ2n) is 9.86. The number of para-hydroxylation sites is 1. The molecule has 2 aromatic rings. The van der Waals surface area contributed by atoms with E-state index < -0.39 is 17.7 Å². The fraction of sp³-hybridized carbons (Fsp3) is 0.423. The number of rotatable bonds is 4. The second-order valence-corrected chi connectivity index (χ2v) is 9.86. The maximum Gasteiger partial charge on any atom is 0.414 e. The first kappa shape index (κ1) is 22.8. The smallest absolute Gasteiger partial charge is 0.414 e. The number of hydrogen-bond donors (Lipinski definition) is 1. The van der Waals surface area contributed by atoms with Gasteiger partial charge in [0.25, 0.3) is 5.91 Å². The SMILES string of the molecule is COC(=O)c1ccc([C@H](C)NC(=O)c2cccc3c2N(C(=O)OC(C)(C)C)CC32CC2)cc1. The summed E-state index contributed by atoms with van der Waals surface area (Å²) in [6.45, 7) is 7.91.